The second kappa shape index (κ2) is 5.29. The smallest absolute Gasteiger partial charge is 0.235 e. The van der Waals surface area contributed by atoms with Crippen molar-refractivity contribution in [1.29, 1.82) is 0 Å². The van der Waals surface area contributed by atoms with Crippen molar-refractivity contribution in [2.75, 3.05) is 19.6 Å². The van der Waals surface area contributed by atoms with Crippen molar-refractivity contribution < 1.29 is 9.90 Å². The van der Waals surface area contributed by atoms with Gasteiger partial charge in [0.15, 0.2) is 0 Å². The van der Waals surface area contributed by atoms with E-state index in [0.29, 0.717) is 12.3 Å². The Morgan fingerprint density at radius 2 is 2.43 bits per heavy atom. The molecule has 5 nitrogen and oxygen atoms in total. The molecule has 4 N–H and O–H groups in total. The number of hydrogen-bond donors (Lipinski definition) is 3. The Morgan fingerprint density at radius 3 is 3.00 bits per heavy atom. The van der Waals surface area contributed by atoms with Gasteiger partial charge in [0.1, 0.15) is 0 Å². The van der Waals surface area contributed by atoms with Gasteiger partial charge in [0.2, 0.25) is 5.91 Å². The highest BCUT2D eigenvalue weighted by Crippen LogP contribution is 2.16. The first-order valence-corrected chi connectivity index (χ1v) is 5.03. The minimum atomic E-state index is -0.186. The van der Waals surface area contributed by atoms with Gasteiger partial charge in [0.25, 0.3) is 0 Å². The largest absolute Gasteiger partial charge is 0.393 e. The molecule has 0 saturated carbocycles. The van der Waals surface area contributed by atoms with Crippen molar-refractivity contribution in [3.63, 3.8) is 0 Å². The van der Waals surface area contributed by atoms with Crippen molar-refractivity contribution in [3.8, 4) is 0 Å². The Balaban J connectivity index is 2.23. The average molecular weight is 201 g/mol. The molecule has 5 heteroatoms. The van der Waals surface area contributed by atoms with Crippen LogP contribution < -0.4 is 11.3 Å². The minimum Gasteiger partial charge on any atom is -0.393 e. The Kier molecular flexibility index (Phi) is 4.31. The number of nitrogens with zero attached hydrogens (tertiary/aromatic N) is 1. The Morgan fingerprint density at radius 1 is 1.71 bits per heavy atom. The lowest BCUT2D eigenvalue weighted by atomic mass is 9.97. The van der Waals surface area contributed by atoms with Crippen LogP contribution in [0.15, 0.2) is 0 Å². The molecule has 0 radical (unpaired) electrons. The van der Waals surface area contributed by atoms with Crippen molar-refractivity contribution in [2.24, 2.45) is 11.8 Å². The molecule has 14 heavy (non-hydrogen) atoms. The first-order valence-electron chi connectivity index (χ1n) is 5.03. The summed E-state index contributed by atoms with van der Waals surface area (Å²) in [4.78, 5) is 13.1. The number of likely N-dealkylation sites (tertiary alicyclic amines) is 1. The summed E-state index contributed by atoms with van der Waals surface area (Å²) in [5, 5.41) is 9.49. The number of nitrogens with two attached hydrogens (primary N) is 1. The molecule has 0 aromatic carbocycles. The molecular formula is C9H19N3O2. The molecular weight excluding hydrogens is 182 g/mol. The lowest BCUT2D eigenvalue weighted by Crippen LogP contribution is -2.43. The zero-order chi connectivity index (χ0) is 10.6. The summed E-state index contributed by atoms with van der Waals surface area (Å²) >= 11 is 0. The van der Waals surface area contributed by atoms with E-state index >= 15 is 0 Å². The molecule has 1 rings (SSSR count). The van der Waals surface area contributed by atoms with Gasteiger partial charge in [-0.3, -0.25) is 10.2 Å². The van der Waals surface area contributed by atoms with Gasteiger partial charge in [0, 0.05) is 26.1 Å². The van der Waals surface area contributed by atoms with E-state index in [0.717, 1.165) is 26.1 Å². The second-order valence-electron chi connectivity index (χ2n) is 3.95. The van der Waals surface area contributed by atoms with Crippen LogP contribution in [0.5, 0.6) is 0 Å². The highest BCUT2D eigenvalue weighted by molar-refractivity contribution is 5.75. The molecule has 0 spiro atoms. The fourth-order valence-corrected chi connectivity index (χ4v) is 1.75. The van der Waals surface area contributed by atoms with E-state index in [-0.39, 0.29) is 12.0 Å². The van der Waals surface area contributed by atoms with Crippen LogP contribution in [0.2, 0.25) is 0 Å². The fourth-order valence-electron chi connectivity index (χ4n) is 1.75. The number of aliphatic hydroxyl groups excluding tert-OH is 1. The standard InChI is InChI=1S/C9H19N3O2/c1-7-6-12(4-2-8(7)13)5-3-9(14)11-10/h7-8,13H,2-6,10H2,1H3,(H,11,14). The van der Waals surface area contributed by atoms with Crippen molar-refractivity contribution in [1.82, 2.24) is 10.3 Å². The van der Waals surface area contributed by atoms with E-state index < -0.39 is 0 Å². The summed E-state index contributed by atoms with van der Waals surface area (Å²) in [6, 6.07) is 0. The average Bonchev–Trinajstić information content (AvgIpc) is 2.19. The number of hydrogen-bond acceptors (Lipinski definition) is 4. The molecule has 1 aliphatic rings. The lowest BCUT2D eigenvalue weighted by Gasteiger charge is -2.34. The maximum atomic E-state index is 10.9. The number of rotatable bonds is 3. The molecule has 2 atom stereocenters. The zero-order valence-electron chi connectivity index (χ0n) is 8.57. The van der Waals surface area contributed by atoms with Gasteiger partial charge in [-0.05, 0) is 12.3 Å². The summed E-state index contributed by atoms with van der Waals surface area (Å²) in [6.07, 6.45) is 1.04. The van der Waals surface area contributed by atoms with Gasteiger partial charge < -0.3 is 10.0 Å². The topological polar surface area (TPSA) is 78.6 Å². The Bertz CT molecular complexity index is 198. The summed E-state index contributed by atoms with van der Waals surface area (Å²) < 4.78 is 0. The number of amides is 1. The number of hydrazine groups is 1. The first-order chi connectivity index (χ1) is 6.63. The third kappa shape index (κ3) is 3.25. The summed E-state index contributed by atoms with van der Waals surface area (Å²) in [5.74, 6) is 5.14. The lowest BCUT2D eigenvalue weighted by molar-refractivity contribution is -0.121. The Hall–Kier alpha value is -0.650. The zero-order valence-corrected chi connectivity index (χ0v) is 8.57. The van der Waals surface area contributed by atoms with Gasteiger partial charge in [-0.25, -0.2) is 5.84 Å². The van der Waals surface area contributed by atoms with Crippen LogP contribution in [-0.4, -0.2) is 41.7 Å². The van der Waals surface area contributed by atoms with Crippen LogP contribution in [0.4, 0.5) is 0 Å². The van der Waals surface area contributed by atoms with Gasteiger partial charge in [-0.2, -0.15) is 0 Å². The summed E-state index contributed by atoms with van der Waals surface area (Å²) in [7, 11) is 0. The van der Waals surface area contributed by atoms with Crippen molar-refractivity contribution in [2.45, 2.75) is 25.9 Å². The third-order valence-corrected chi connectivity index (χ3v) is 2.76. The third-order valence-electron chi connectivity index (χ3n) is 2.76. The molecule has 1 amide bonds. The molecule has 0 aliphatic carbocycles. The number of aliphatic hydroxyl groups is 1. The van der Waals surface area contributed by atoms with Crippen molar-refractivity contribution >= 4 is 5.91 Å². The quantitative estimate of drug-likeness (QED) is 0.313. The minimum absolute atomic E-state index is 0.135. The normalized spacial score (nSPS) is 28.8. The van der Waals surface area contributed by atoms with Crippen LogP contribution in [0, 0.1) is 5.92 Å². The van der Waals surface area contributed by atoms with E-state index in [9.17, 15) is 9.90 Å². The predicted octanol–water partition coefficient (Wildman–Crippen LogP) is -0.931. The van der Waals surface area contributed by atoms with Crippen LogP contribution in [0.1, 0.15) is 19.8 Å². The molecule has 2 unspecified atom stereocenters. The van der Waals surface area contributed by atoms with E-state index in [1.807, 2.05) is 6.92 Å². The van der Waals surface area contributed by atoms with Crippen LogP contribution in [0.3, 0.4) is 0 Å². The van der Waals surface area contributed by atoms with Gasteiger partial charge in [0.05, 0.1) is 6.10 Å². The van der Waals surface area contributed by atoms with E-state index in [4.69, 9.17) is 5.84 Å². The van der Waals surface area contributed by atoms with E-state index in [1.165, 1.54) is 0 Å². The van der Waals surface area contributed by atoms with Crippen molar-refractivity contribution in [3.05, 3.63) is 0 Å². The highest BCUT2D eigenvalue weighted by Gasteiger charge is 2.23. The fraction of sp³-hybridized carbons (Fsp3) is 0.889. The van der Waals surface area contributed by atoms with E-state index in [1.54, 1.807) is 0 Å². The maximum absolute atomic E-state index is 10.9. The summed E-state index contributed by atoms with van der Waals surface area (Å²) in [6.45, 7) is 4.47. The SMILES string of the molecule is CC1CN(CCC(=O)NN)CCC1O. The molecule has 1 fully saturated rings. The molecule has 0 aromatic heterocycles. The van der Waals surface area contributed by atoms with Gasteiger partial charge in [-0.15, -0.1) is 0 Å². The second-order valence-corrected chi connectivity index (χ2v) is 3.95. The number of piperidine rings is 1. The Labute approximate surface area is 84.2 Å². The molecule has 1 heterocycles. The van der Waals surface area contributed by atoms with Crippen LogP contribution >= 0.6 is 0 Å². The van der Waals surface area contributed by atoms with Crippen LogP contribution in [0.25, 0.3) is 0 Å². The van der Waals surface area contributed by atoms with Gasteiger partial charge in [-0.1, -0.05) is 6.92 Å². The summed E-state index contributed by atoms with van der Waals surface area (Å²) in [5.41, 5.74) is 2.11. The number of carbonyl (C=O) groups is 1. The number of nitrogens with one attached hydrogen (secondary N) is 1. The molecule has 1 saturated heterocycles. The van der Waals surface area contributed by atoms with E-state index in [2.05, 4.69) is 10.3 Å². The van der Waals surface area contributed by atoms with Gasteiger partial charge >= 0.3 is 0 Å². The number of carbonyl (C=O) groups excluding carboxylic acids is 1. The molecule has 0 aromatic rings. The predicted molar refractivity (Wildman–Crippen MR) is 53.2 cm³/mol. The monoisotopic (exact) mass is 201 g/mol. The van der Waals surface area contributed by atoms with Crippen LogP contribution in [-0.2, 0) is 4.79 Å². The highest BCUT2D eigenvalue weighted by atomic mass is 16.3. The molecule has 1 aliphatic heterocycles. The molecule has 0 bridgehead atoms. The first kappa shape index (κ1) is 11.4. The maximum Gasteiger partial charge on any atom is 0.235 e. The molecule has 82 valence electrons.